The van der Waals surface area contributed by atoms with Gasteiger partial charge in [-0.1, -0.05) is 20.3 Å². The molecule has 0 bridgehead atoms. The molecule has 0 aromatic rings. The van der Waals surface area contributed by atoms with E-state index in [4.69, 9.17) is 0 Å². The molecule has 0 amide bonds. The molecular formula is C13H27NOS. The van der Waals surface area contributed by atoms with Crippen molar-refractivity contribution in [2.75, 3.05) is 12.9 Å². The maximum absolute atomic E-state index is 9.30. The maximum Gasteiger partial charge on any atom is 0.0564 e. The zero-order valence-electron chi connectivity index (χ0n) is 11.1. The fourth-order valence-corrected chi connectivity index (χ4v) is 3.49. The first-order valence-electron chi connectivity index (χ1n) is 6.49. The van der Waals surface area contributed by atoms with Crippen LogP contribution in [-0.2, 0) is 0 Å². The summed E-state index contributed by atoms with van der Waals surface area (Å²) in [6.45, 7) is 7.18. The van der Waals surface area contributed by atoms with Crippen molar-refractivity contribution in [3.8, 4) is 0 Å². The Hall–Kier alpha value is 0.270. The molecule has 1 aliphatic carbocycles. The number of hydrogen-bond acceptors (Lipinski definition) is 3. The summed E-state index contributed by atoms with van der Waals surface area (Å²) in [6.07, 6.45) is 6.14. The zero-order valence-corrected chi connectivity index (χ0v) is 11.9. The number of rotatable bonds is 5. The minimum Gasteiger partial charge on any atom is -0.395 e. The average molecular weight is 245 g/mol. The second-order valence-corrected chi connectivity index (χ2v) is 6.40. The molecule has 1 fully saturated rings. The van der Waals surface area contributed by atoms with Crippen LogP contribution in [0.5, 0.6) is 0 Å². The lowest BCUT2D eigenvalue weighted by Gasteiger charge is -2.38. The van der Waals surface area contributed by atoms with E-state index in [1.807, 2.05) is 0 Å². The monoisotopic (exact) mass is 245 g/mol. The van der Waals surface area contributed by atoms with Gasteiger partial charge in [-0.3, -0.25) is 0 Å². The van der Waals surface area contributed by atoms with E-state index in [0.29, 0.717) is 17.3 Å². The molecule has 1 aliphatic rings. The van der Waals surface area contributed by atoms with Crippen molar-refractivity contribution in [2.24, 2.45) is 11.8 Å². The van der Waals surface area contributed by atoms with Crippen LogP contribution in [0.25, 0.3) is 0 Å². The Morgan fingerprint density at radius 3 is 2.31 bits per heavy atom. The molecule has 4 atom stereocenters. The van der Waals surface area contributed by atoms with Crippen LogP contribution in [0, 0.1) is 11.8 Å². The van der Waals surface area contributed by atoms with Gasteiger partial charge in [0.05, 0.1) is 6.61 Å². The first-order chi connectivity index (χ1) is 7.60. The summed E-state index contributed by atoms with van der Waals surface area (Å²) in [5, 5.41) is 13.4. The van der Waals surface area contributed by atoms with Crippen LogP contribution >= 0.6 is 11.8 Å². The molecule has 0 saturated heterocycles. The molecule has 0 aromatic carbocycles. The molecule has 4 unspecified atom stereocenters. The first-order valence-corrected chi connectivity index (χ1v) is 7.78. The standard InChI is InChI=1S/C13H27NOS/c1-9-6-5-7-10(2)13(9)14-11(3)12(8-15)16-4/h9-15H,5-8H2,1-4H3. The summed E-state index contributed by atoms with van der Waals surface area (Å²) >= 11 is 1.76. The van der Waals surface area contributed by atoms with Crippen molar-refractivity contribution in [3.63, 3.8) is 0 Å². The molecular weight excluding hydrogens is 218 g/mol. The summed E-state index contributed by atoms with van der Waals surface area (Å²) in [6, 6.07) is 1.03. The summed E-state index contributed by atoms with van der Waals surface area (Å²) in [5.74, 6) is 1.54. The predicted molar refractivity (Wildman–Crippen MR) is 73.0 cm³/mol. The Balaban J connectivity index is 2.50. The first kappa shape index (κ1) is 14.3. The number of nitrogens with one attached hydrogen (secondary N) is 1. The SMILES string of the molecule is CSC(CO)C(C)NC1C(C)CCCC1C. The van der Waals surface area contributed by atoms with E-state index < -0.39 is 0 Å². The van der Waals surface area contributed by atoms with E-state index in [-0.39, 0.29) is 6.61 Å². The smallest absolute Gasteiger partial charge is 0.0564 e. The van der Waals surface area contributed by atoms with E-state index in [0.717, 1.165) is 11.8 Å². The van der Waals surface area contributed by atoms with Gasteiger partial charge in [-0.25, -0.2) is 0 Å². The quantitative estimate of drug-likeness (QED) is 0.780. The largest absolute Gasteiger partial charge is 0.395 e. The van der Waals surface area contributed by atoms with E-state index in [9.17, 15) is 5.11 Å². The minimum absolute atomic E-state index is 0.269. The van der Waals surface area contributed by atoms with Gasteiger partial charge in [0.15, 0.2) is 0 Å². The van der Waals surface area contributed by atoms with Gasteiger partial charge >= 0.3 is 0 Å². The van der Waals surface area contributed by atoms with Crippen LogP contribution < -0.4 is 5.32 Å². The van der Waals surface area contributed by atoms with Crippen molar-refractivity contribution < 1.29 is 5.11 Å². The molecule has 0 aromatic heterocycles. The van der Waals surface area contributed by atoms with Crippen LogP contribution in [0.15, 0.2) is 0 Å². The summed E-state index contributed by atoms with van der Waals surface area (Å²) in [5.41, 5.74) is 0. The predicted octanol–water partition coefficient (Wildman–Crippen LogP) is 2.51. The maximum atomic E-state index is 9.30. The highest BCUT2D eigenvalue weighted by Crippen LogP contribution is 2.29. The lowest BCUT2D eigenvalue weighted by molar-refractivity contribution is 0.185. The highest BCUT2D eigenvalue weighted by Gasteiger charge is 2.29. The number of hydrogen-bond donors (Lipinski definition) is 2. The molecule has 2 N–H and O–H groups in total. The molecule has 0 heterocycles. The van der Waals surface area contributed by atoms with Gasteiger partial charge < -0.3 is 10.4 Å². The van der Waals surface area contributed by atoms with Crippen molar-refractivity contribution in [1.29, 1.82) is 0 Å². The van der Waals surface area contributed by atoms with Crippen LogP contribution in [0.4, 0.5) is 0 Å². The average Bonchev–Trinajstić information content (AvgIpc) is 2.25. The summed E-state index contributed by atoms with van der Waals surface area (Å²) < 4.78 is 0. The van der Waals surface area contributed by atoms with E-state index in [2.05, 4.69) is 32.3 Å². The van der Waals surface area contributed by atoms with E-state index >= 15 is 0 Å². The summed E-state index contributed by atoms with van der Waals surface area (Å²) in [4.78, 5) is 0. The Bertz CT molecular complexity index is 186. The second-order valence-electron chi connectivity index (χ2n) is 5.32. The van der Waals surface area contributed by atoms with E-state index in [1.165, 1.54) is 19.3 Å². The Kier molecular flexibility index (Phi) is 6.16. The lowest BCUT2D eigenvalue weighted by Crippen LogP contribution is -2.50. The van der Waals surface area contributed by atoms with Gasteiger partial charge in [0.2, 0.25) is 0 Å². The van der Waals surface area contributed by atoms with Crippen molar-refractivity contribution in [1.82, 2.24) is 5.32 Å². The van der Waals surface area contributed by atoms with Gasteiger partial charge in [0.25, 0.3) is 0 Å². The van der Waals surface area contributed by atoms with Gasteiger partial charge in [-0.2, -0.15) is 11.8 Å². The lowest BCUT2D eigenvalue weighted by atomic mass is 9.78. The normalized spacial score (nSPS) is 34.7. The Labute approximate surface area is 105 Å². The fourth-order valence-electron chi connectivity index (χ4n) is 2.86. The number of aliphatic hydroxyl groups is 1. The van der Waals surface area contributed by atoms with Crippen LogP contribution in [0.1, 0.15) is 40.0 Å². The molecule has 2 nitrogen and oxygen atoms in total. The van der Waals surface area contributed by atoms with Crippen LogP contribution in [0.3, 0.4) is 0 Å². The zero-order chi connectivity index (χ0) is 12.1. The van der Waals surface area contributed by atoms with Crippen LogP contribution in [-0.4, -0.2) is 35.3 Å². The molecule has 16 heavy (non-hydrogen) atoms. The molecule has 0 radical (unpaired) electrons. The van der Waals surface area contributed by atoms with Crippen molar-refractivity contribution in [2.45, 2.75) is 57.4 Å². The van der Waals surface area contributed by atoms with Gasteiger partial charge in [0.1, 0.15) is 0 Å². The highest BCUT2D eigenvalue weighted by atomic mass is 32.2. The van der Waals surface area contributed by atoms with Crippen molar-refractivity contribution >= 4 is 11.8 Å². The molecule has 1 rings (SSSR count). The van der Waals surface area contributed by atoms with Crippen molar-refractivity contribution in [3.05, 3.63) is 0 Å². The topological polar surface area (TPSA) is 32.3 Å². The molecule has 96 valence electrons. The fraction of sp³-hybridized carbons (Fsp3) is 1.00. The molecule has 1 saturated carbocycles. The van der Waals surface area contributed by atoms with E-state index in [1.54, 1.807) is 11.8 Å². The van der Waals surface area contributed by atoms with Gasteiger partial charge in [0, 0.05) is 17.3 Å². The molecule has 0 aliphatic heterocycles. The third-order valence-electron chi connectivity index (χ3n) is 4.04. The highest BCUT2D eigenvalue weighted by molar-refractivity contribution is 7.99. The van der Waals surface area contributed by atoms with Gasteiger partial charge in [-0.05, 0) is 37.9 Å². The number of thioether (sulfide) groups is 1. The Morgan fingerprint density at radius 1 is 1.31 bits per heavy atom. The molecule has 3 heteroatoms. The number of aliphatic hydroxyl groups excluding tert-OH is 1. The Morgan fingerprint density at radius 2 is 1.88 bits per heavy atom. The van der Waals surface area contributed by atoms with Gasteiger partial charge in [-0.15, -0.1) is 0 Å². The summed E-state index contributed by atoms with van der Waals surface area (Å²) in [7, 11) is 0. The third-order valence-corrected chi connectivity index (χ3v) is 5.20. The minimum atomic E-state index is 0.269. The van der Waals surface area contributed by atoms with Crippen LogP contribution in [0.2, 0.25) is 0 Å². The second kappa shape index (κ2) is 6.87. The molecule has 0 spiro atoms. The third kappa shape index (κ3) is 3.64.